The van der Waals surface area contributed by atoms with Crippen LogP contribution < -0.4 is 5.32 Å². The maximum Gasteiger partial charge on any atom is 0.389 e. The Morgan fingerprint density at radius 3 is 2.25 bits per heavy atom. The van der Waals surface area contributed by atoms with Crippen molar-refractivity contribution in [3.63, 3.8) is 0 Å². The van der Waals surface area contributed by atoms with Gasteiger partial charge >= 0.3 is 18.2 Å². The Bertz CT molecular complexity index is 579. The molecule has 0 aliphatic carbocycles. The van der Waals surface area contributed by atoms with Gasteiger partial charge in [0.1, 0.15) is 0 Å². The second kappa shape index (κ2) is 7.55. The Morgan fingerprint density at radius 1 is 1.17 bits per heavy atom. The molecule has 5 nitrogen and oxygen atoms in total. The molecular formula is C16H19F3N2O3. The summed E-state index contributed by atoms with van der Waals surface area (Å²) >= 11 is 0. The van der Waals surface area contributed by atoms with Crippen LogP contribution in [0.5, 0.6) is 0 Å². The number of carboxylic acids is 1. The van der Waals surface area contributed by atoms with Crippen molar-refractivity contribution in [3.05, 3.63) is 35.4 Å². The van der Waals surface area contributed by atoms with Gasteiger partial charge in [-0.2, -0.15) is 13.2 Å². The summed E-state index contributed by atoms with van der Waals surface area (Å²) in [5, 5.41) is 11.5. The van der Waals surface area contributed by atoms with Crippen LogP contribution in [-0.2, 0) is 6.54 Å². The lowest BCUT2D eigenvalue weighted by atomic mass is 9.93. The molecule has 1 aromatic carbocycles. The summed E-state index contributed by atoms with van der Waals surface area (Å²) in [6.07, 6.45) is -4.25. The number of hydrogen-bond donors (Lipinski definition) is 2. The number of carbonyl (C=O) groups is 2. The van der Waals surface area contributed by atoms with E-state index in [1.165, 1.54) is 17.0 Å². The van der Waals surface area contributed by atoms with Gasteiger partial charge in [0.05, 0.1) is 5.56 Å². The van der Waals surface area contributed by atoms with Gasteiger partial charge in [-0.3, -0.25) is 0 Å². The number of likely N-dealkylation sites (tertiary alicyclic amines) is 1. The molecule has 0 saturated carbocycles. The van der Waals surface area contributed by atoms with Gasteiger partial charge in [0.2, 0.25) is 0 Å². The molecule has 0 aromatic heterocycles. The first-order chi connectivity index (χ1) is 11.2. The minimum Gasteiger partial charge on any atom is -0.478 e. The van der Waals surface area contributed by atoms with E-state index in [-0.39, 0.29) is 18.1 Å². The van der Waals surface area contributed by atoms with Crippen molar-refractivity contribution in [2.24, 2.45) is 5.92 Å². The smallest absolute Gasteiger partial charge is 0.389 e. The normalized spacial score (nSPS) is 16.0. The first-order valence-electron chi connectivity index (χ1n) is 7.66. The molecule has 2 rings (SSSR count). The van der Waals surface area contributed by atoms with Crippen LogP contribution in [0.1, 0.15) is 35.2 Å². The van der Waals surface area contributed by atoms with E-state index >= 15 is 0 Å². The Balaban J connectivity index is 1.76. The Morgan fingerprint density at radius 2 is 1.75 bits per heavy atom. The quantitative estimate of drug-likeness (QED) is 0.881. The maximum absolute atomic E-state index is 12.4. The van der Waals surface area contributed by atoms with E-state index in [1.54, 1.807) is 12.1 Å². The van der Waals surface area contributed by atoms with Crippen LogP contribution >= 0.6 is 0 Å². The molecule has 0 atom stereocenters. The standard InChI is InChI=1S/C16H19F3N2O3/c17-16(18,19)9-11-5-7-21(8-6-11)15(24)20-10-12-1-3-13(4-2-12)14(22)23/h1-4,11H,5-10H2,(H,20,24)(H,22,23). The molecule has 1 heterocycles. The molecular weight excluding hydrogens is 325 g/mol. The topological polar surface area (TPSA) is 69.6 Å². The van der Waals surface area contributed by atoms with E-state index in [9.17, 15) is 22.8 Å². The molecule has 1 aliphatic rings. The minimum atomic E-state index is -4.16. The fraction of sp³-hybridized carbons (Fsp3) is 0.500. The molecule has 8 heteroatoms. The highest BCUT2D eigenvalue weighted by Crippen LogP contribution is 2.30. The van der Waals surface area contributed by atoms with Crippen LogP contribution in [0.4, 0.5) is 18.0 Å². The van der Waals surface area contributed by atoms with Crippen molar-refractivity contribution in [1.82, 2.24) is 10.2 Å². The van der Waals surface area contributed by atoms with Crippen LogP contribution in [0, 0.1) is 5.92 Å². The highest BCUT2D eigenvalue weighted by Gasteiger charge is 2.34. The summed E-state index contributed by atoms with van der Waals surface area (Å²) in [4.78, 5) is 24.3. The molecule has 0 radical (unpaired) electrons. The molecule has 24 heavy (non-hydrogen) atoms. The second-order valence-electron chi connectivity index (χ2n) is 5.91. The molecule has 1 saturated heterocycles. The van der Waals surface area contributed by atoms with E-state index in [0.29, 0.717) is 25.9 Å². The first-order valence-corrected chi connectivity index (χ1v) is 7.66. The van der Waals surface area contributed by atoms with Gasteiger partial charge in [-0.1, -0.05) is 12.1 Å². The van der Waals surface area contributed by atoms with Crippen LogP contribution in [0.2, 0.25) is 0 Å². The highest BCUT2D eigenvalue weighted by atomic mass is 19.4. The lowest BCUT2D eigenvalue weighted by Gasteiger charge is -2.32. The number of piperidine rings is 1. The monoisotopic (exact) mass is 344 g/mol. The summed E-state index contributed by atoms with van der Waals surface area (Å²) in [5.41, 5.74) is 0.914. The average Bonchev–Trinajstić information content (AvgIpc) is 2.52. The molecule has 132 valence electrons. The number of carboxylic acid groups (broad SMARTS) is 1. The number of alkyl halides is 3. The lowest BCUT2D eigenvalue weighted by Crippen LogP contribution is -2.44. The SMILES string of the molecule is O=C(O)c1ccc(CNC(=O)N2CCC(CC(F)(F)F)CC2)cc1. The van der Waals surface area contributed by atoms with Crippen LogP contribution in [0.3, 0.4) is 0 Å². The largest absolute Gasteiger partial charge is 0.478 e. The van der Waals surface area contributed by atoms with Gasteiger partial charge in [0.15, 0.2) is 0 Å². The third kappa shape index (κ3) is 5.43. The number of hydrogen-bond acceptors (Lipinski definition) is 2. The third-order valence-corrected chi connectivity index (χ3v) is 4.07. The predicted molar refractivity (Wildman–Crippen MR) is 80.6 cm³/mol. The number of carbonyl (C=O) groups excluding carboxylic acids is 1. The summed E-state index contributed by atoms with van der Waals surface area (Å²) in [6.45, 7) is 0.857. The van der Waals surface area contributed by atoms with Crippen LogP contribution in [-0.4, -0.2) is 41.3 Å². The number of nitrogens with zero attached hydrogens (tertiary/aromatic N) is 1. The molecule has 1 aromatic rings. The van der Waals surface area contributed by atoms with Crippen molar-refractivity contribution in [2.75, 3.05) is 13.1 Å². The van der Waals surface area contributed by atoms with Gasteiger partial charge in [-0.05, 0) is 36.5 Å². The van der Waals surface area contributed by atoms with Gasteiger partial charge < -0.3 is 15.3 Å². The average molecular weight is 344 g/mol. The number of aromatic carboxylic acids is 1. The first kappa shape index (κ1) is 18.1. The Labute approximate surface area is 137 Å². The van der Waals surface area contributed by atoms with Crippen molar-refractivity contribution in [3.8, 4) is 0 Å². The van der Waals surface area contributed by atoms with E-state index in [2.05, 4.69) is 5.32 Å². The lowest BCUT2D eigenvalue weighted by molar-refractivity contribution is -0.147. The number of rotatable bonds is 4. The minimum absolute atomic E-state index is 0.164. The van der Waals surface area contributed by atoms with Crippen molar-refractivity contribution < 1.29 is 27.9 Å². The zero-order chi connectivity index (χ0) is 17.7. The van der Waals surface area contributed by atoms with Gasteiger partial charge in [0.25, 0.3) is 0 Å². The molecule has 1 fully saturated rings. The summed E-state index contributed by atoms with van der Waals surface area (Å²) in [5.74, 6) is -1.44. The zero-order valence-corrected chi connectivity index (χ0v) is 13.0. The molecule has 0 unspecified atom stereocenters. The number of halogens is 3. The van der Waals surface area contributed by atoms with Gasteiger partial charge in [0, 0.05) is 26.1 Å². The van der Waals surface area contributed by atoms with E-state index in [0.717, 1.165) is 5.56 Å². The number of benzene rings is 1. The second-order valence-corrected chi connectivity index (χ2v) is 5.91. The van der Waals surface area contributed by atoms with Gasteiger partial charge in [-0.15, -0.1) is 0 Å². The third-order valence-electron chi connectivity index (χ3n) is 4.07. The van der Waals surface area contributed by atoms with Crippen LogP contribution in [0.15, 0.2) is 24.3 Å². The highest BCUT2D eigenvalue weighted by molar-refractivity contribution is 5.87. The van der Waals surface area contributed by atoms with E-state index < -0.39 is 24.5 Å². The van der Waals surface area contributed by atoms with E-state index in [1.807, 2.05) is 0 Å². The fourth-order valence-electron chi connectivity index (χ4n) is 2.72. The molecule has 0 spiro atoms. The van der Waals surface area contributed by atoms with E-state index in [4.69, 9.17) is 5.11 Å². The fourth-order valence-corrected chi connectivity index (χ4v) is 2.72. The molecule has 2 N–H and O–H groups in total. The van der Waals surface area contributed by atoms with Crippen molar-refractivity contribution in [2.45, 2.75) is 32.0 Å². The number of amides is 2. The number of nitrogens with one attached hydrogen (secondary N) is 1. The Hall–Kier alpha value is -2.25. The zero-order valence-electron chi connectivity index (χ0n) is 13.0. The summed E-state index contributed by atoms with van der Waals surface area (Å²) in [7, 11) is 0. The summed E-state index contributed by atoms with van der Waals surface area (Å²) < 4.78 is 37.1. The maximum atomic E-state index is 12.4. The molecule has 0 bridgehead atoms. The van der Waals surface area contributed by atoms with Crippen molar-refractivity contribution >= 4 is 12.0 Å². The van der Waals surface area contributed by atoms with Crippen LogP contribution in [0.25, 0.3) is 0 Å². The Kier molecular flexibility index (Phi) is 5.69. The summed E-state index contributed by atoms with van der Waals surface area (Å²) in [6, 6.07) is 5.81. The van der Waals surface area contributed by atoms with Gasteiger partial charge in [-0.25, -0.2) is 9.59 Å². The number of urea groups is 1. The predicted octanol–water partition coefficient (Wildman–Crippen LogP) is 3.26. The van der Waals surface area contributed by atoms with Crippen molar-refractivity contribution in [1.29, 1.82) is 0 Å². The molecule has 2 amide bonds. The molecule has 1 aliphatic heterocycles.